The summed E-state index contributed by atoms with van der Waals surface area (Å²) < 4.78 is 78.0. The lowest BCUT2D eigenvalue weighted by atomic mass is 10.2. The summed E-state index contributed by atoms with van der Waals surface area (Å²) in [5.74, 6) is 0. The van der Waals surface area contributed by atoms with E-state index in [-0.39, 0.29) is 16.4 Å². The molecule has 0 atom stereocenters. The molecule has 3 rings (SSSR count). The number of anilines is 1. The van der Waals surface area contributed by atoms with Crippen molar-refractivity contribution in [1.29, 1.82) is 5.26 Å². The van der Waals surface area contributed by atoms with Crippen LogP contribution in [0.15, 0.2) is 54.6 Å². The number of hydrogen-bond donors (Lipinski definition) is 1. The average molecular weight is 410 g/mol. The van der Waals surface area contributed by atoms with Gasteiger partial charge in [0.2, 0.25) is 0 Å². The van der Waals surface area contributed by atoms with Crippen molar-refractivity contribution < 1.29 is 26.3 Å². The fourth-order valence-electron chi connectivity index (χ4n) is 2.58. The Morgan fingerprint density at radius 3 is 2.21 bits per heavy atom. The Morgan fingerprint density at radius 2 is 1.62 bits per heavy atom. The fraction of sp³-hybridized carbons (Fsp3) is 0.158. The molecule has 0 saturated carbocycles. The highest BCUT2D eigenvalue weighted by atomic mass is 19.4. The molecule has 1 heterocycles. The molecule has 1 aromatic heterocycles. The second-order valence-corrected chi connectivity index (χ2v) is 6.03. The molecule has 0 saturated heterocycles. The third kappa shape index (κ3) is 4.68. The number of nitriles is 1. The maximum absolute atomic E-state index is 13.1. The minimum absolute atomic E-state index is 0.0162. The topological polar surface area (TPSA) is 53.6 Å². The van der Waals surface area contributed by atoms with E-state index in [0.29, 0.717) is 23.4 Å². The SMILES string of the molecule is N#Cc1cccc(NCc2ccc(-n3nc(C(F)(F)F)cc3C(F)(F)F)cc2)c1. The molecule has 0 unspecified atom stereocenters. The Balaban J connectivity index is 1.83. The van der Waals surface area contributed by atoms with Crippen molar-refractivity contribution in [2.24, 2.45) is 0 Å². The second-order valence-electron chi connectivity index (χ2n) is 6.03. The summed E-state index contributed by atoms with van der Waals surface area (Å²) in [6.07, 6.45) is -9.99. The molecule has 10 heteroatoms. The summed E-state index contributed by atoms with van der Waals surface area (Å²) in [6.45, 7) is 0.300. The van der Waals surface area contributed by atoms with Gasteiger partial charge in [0.25, 0.3) is 0 Å². The number of nitrogens with one attached hydrogen (secondary N) is 1. The zero-order chi connectivity index (χ0) is 21.2. The number of halogens is 6. The summed E-state index contributed by atoms with van der Waals surface area (Å²) in [7, 11) is 0. The monoisotopic (exact) mass is 410 g/mol. The van der Waals surface area contributed by atoms with Crippen molar-refractivity contribution in [2.75, 3.05) is 5.32 Å². The summed E-state index contributed by atoms with van der Waals surface area (Å²) in [5, 5.41) is 15.0. The molecule has 0 aliphatic carbocycles. The minimum atomic E-state index is -5.00. The van der Waals surface area contributed by atoms with E-state index in [4.69, 9.17) is 5.26 Å². The molecule has 3 aromatic rings. The summed E-state index contributed by atoms with van der Waals surface area (Å²) in [6, 6.07) is 14.2. The Labute approximate surface area is 161 Å². The Bertz CT molecular complexity index is 1040. The number of rotatable bonds is 4. The Hall–Kier alpha value is -3.48. The van der Waals surface area contributed by atoms with Gasteiger partial charge in [-0.05, 0) is 35.9 Å². The lowest BCUT2D eigenvalue weighted by Gasteiger charge is -2.11. The van der Waals surface area contributed by atoms with Crippen molar-refractivity contribution >= 4 is 5.69 Å². The molecule has 150 valence electrons. The molecule has 4 nitrogen and oxygen atoms in total. The van der Waals surface area contributed by atoms with Crippen molar-refractivity contribution in [1.82, 2.24) is 9.78 Å². The van der Waals surface area contributed by atoms with Gasteiger partial charge >= 0.3 is 12.4 Å². The molecule has 0 radical (unpaired) electrons. The quantitative estimate of drug-likeness (QED) is 0.587. The van der Waals surface area contributed by atoms with Gasteiger partial charge in [-0.2, -0.15) is 36.7 Å². The zero-order valence-electron chi connectivity index (χ0n) is 14.5. The lowest BCUT2D eigenvalue weighted by Crippen LogP contribution is -2.13. The van der Waals surface area contributed by atoms with Crippen LogP contribution in [0, 0.1) is 11.3 Å². The third-order valence-corrected chi connectivity index (χ3v) is 3.96. The first-order valence-electron chi connectivity index (χ1n) is 8.16. The van der Waals surface area contributed by atoms with Crippen LogP contribution >= 0.6 is 0 Å². The van der Waals surface area contributed by atoms with Crippen molar-refractivity contribution in [3.8, 4) is 11.8 Å². The van der Waals surface area contributed by atoms with Crippen LogP contribution < -0.4 is 5.32 Å². The number of benzene rings is 2. The minimum Gasteiger partial charge on any atom is -0.381 e. The molecule has 0 fully saturated rings. The van der Waals surface area contributed by atoms with Gasteiger partial charge in [0.1, 0.15) is 5.69 Å². The van der Waals surface area contributed by atoms with Gasteiger partial charge in [0, 0.05) is 18.3 Å². The average Bonchev–Trinajstić information content (AvgIpc) is 3.13. The van der Waals surface area contributed by atoms with E-state index in [2.05, 4.69) is 10.4 Å². The van der Waals surface area contributed by atoms with Crippen LogP contribution in [-0.4, -0.2) is 9.78 Å². The standard InChI is InChI=1S/C19H12F6N4/c20-18(21,22)16-9-17(19(23,24)25)29(28-16)15-6-4-12(5-7-15)11-27-14-3-1-2-13(8-14)10-26/h1-9,27H,11H2. The van der Waals surface area contributed by atoms with E-state index in [1.807, 2.05) is 6.07 Å². The highest BCUT2D eigenvalue weighted by molar-refractivity contribution is 5.49. The summed E-state index contributed by atoms with van der Waals surface area (Å²) in [5.41, 5.74) is -1.47. The van der Waals surface area contributed by atoms with E-state index >= 15 is 0 Å². The normalized spacial score (nSPS) is 11.9. The number of aromatic nitrogens is 2. The predicted octanol–water partition coefficient (Wildman–Crippen LogP) is 5.39. The first-order valence-corrected chi connectivity index (χ1v) is 8.16. The molecule has 2 aromatic carbocycles. The van der Waals surface area contributed by atoms with Gasteiger partial charge in [-0.15, -0.1) is 0 Å². The number of hydrogen-bond acceptors (Lipinski definition) is 3. The summed E-state index contributed by atoms with van der Waals surface area (Å²) >= 11 is 0. The largest absolute Gasteiger partial charge is 0.435 e. The highest BCUT2D eigenvalue weighted by Crippen LogP contribution is 2.36. The van der Waals surface area contributed by atoms with Crippen molar-refractivity contribution in [3.63, 3.8) is 0 Å². The molecule has 1 N–H and O–H groups in total. The first-order chi connectivity index (χ1) is 13.6. The second kappa shape index (κ2) is 7.50. The van der Waals surface area contributed by atoms with Crippen LogP contribution in [0.1, 0.15) is 22.5 Å². The number of alkyl halides is 6. The molecule has 29 heavy (non-hydrogen) atoms. The number of nitrogens with zero attached hydrogens (tertiary/aromatic N) is 3. The van der Waals surface area contributed by atoms with Gasteiger partial charge in [0.15, 0.2) is 5.69 Å². The van der Waals surface area contributed by atoms with Gasteiger partial charge in [-0.25, -0.2) is 4.68 Å². The molecule has 0 bridgehead atoms. The molecule has 0 amide bonds. The van der Waals surface area contributed by atoms with Crippen molar-refractivity contribution in [2.45, 2.75) is 18.9 Å². The van der Waals surface area contributed by atoms with E-state index in [0.717, 1.165) is 0 Å². The Morgan fingerprint density at radius 1 is 0.931 bits per heavy atom. The third-order valence-electron chi connectivity index (χ3n) is 3.96. The van der Waals surface area contributed by atoms with Crippen molar-refractivity contribution in [3.05, 3.63) is 77.1 Å². The Kier molecular flexibility index (Phi) is 5.24. The maximum atomic E-state index is 13.1. The highest BCUT2D eigenvalue weighted by Gasteiger charge is 2.42. The van der Waals surface area contributed by atoms with Gasteiger partial charge in [0.05, 0.1) is 17.3 Å². The first kappa shape index (κ1) is 20.3. The fourth-order valence-corrected chi connectivity index (χ4v) is 2.58. The molecular weight excluding hydrogens is 398 g/mol. The van der Waals surface area contributed by atoms with Crippen LogP contribution in [0.5, 0.6) is 0 Å². The van der Waals surface area contributed by atoms with Gasteiger partial charge in [-0.1, -0.05) is 18.2 Å². The van der Waals surface area contributed by atoms with E-state index < -0.39 is 23.7 Å². The maximum Gasteiger partial charge on any atom is 0.435 e. The molecule has 0 spiro atoms. The van der Waals surface area contributed by atoms with Gasteiger partial charge in [-0.3, -0.25) is 0 Å². The van der Waals surface area contributed by atoms with E-state index in [9.17, 15) is 26.3 Å². The van der Waals surface area contributed by atoms with E-state index in [1.165, 1.54) is 24.3 Å². The van der Waals surface area contributed by atoms with Crippen LogP contribution in [0.3, 0.4) is 0 Å². The zero-order valence-corrected chi connectivity index (χ0v) is 14.5. The molecular formula is C19H12F6N4. The summed E-state index contributed by atoms with van der Waals surface area (Å²) in [4.78, 5) is 0. The van der Waals surface area contributed by atoms with Crippen LogP contribution in [0.4, 0.5) is 32.0 Å². The van der Waals surface area contributed by atoms with Crippen LogP contribution in [-0.2, 0) is 18.9 Å². The molecule has 0 aliphatic rings. The van der Waals surface area contributed by atoms with E-state index in [1.54, 1.807) is 24.3 Å². The smallest absolute Gasteiger partial charge is 0.381 e. The lowest BCUT2D eigenvalue weighted by molar-refractivity contribution is -0.143. The predicted molar refractivity (Wildman–Crippen MR) is 92.1 cm³/mol. The van der Waals surface area contributed by atoms with Crippen LogP contribution in [0.25, 0.3) is 5.69 Å². The van der Waals surface area contributed by atoms with Gasteiger partial charge < -0.3 is 5.32 Å². The van der Waals surface area contributed by atoms with Crippen LogP contribution in [0.2, 0.25) is 0 Å². The molecule has 0 aliphatic heterocycles.